The summed E-state index contributed by atoms with van der Waals surface area (Å²) in [5.41, 5.74) is 0.260. The molecule has 3 heteroatoms. The molecule has 1 nitrogen and oxygen atoms in total. The summed E-state index contributed by atoms with van der Waals surface area (Å²) < 4.78 is 26.0. The molecular weight excluding hydrogens is 208 g/mol. The maximum atomic E-state index is 13.2. The molecule has 0 bridgehead atoms. The van der Waals surface area contributed by atoms with Crippen molar-refractivity contribution in [3.05, 3.63) is 29.8 Å². The number of hydrogen-bond acceptors (Lipinski definition) is 1. The van der Waals surface area contributed by atoms with E-state index in [-0.39, 0.29) is 5.69 Å². The van der Waals surface area contributed by atoms with Gasteiger partial charge in [-0.3, -0.25) is 0 Å². The van der Waals surface area contributed by atoms with Crippen LogP contribution in [0.1, 0.15) is 39.0 Å². The number of rotatable bonds is 7. The minimum absolute atomic E-state index is 0.260. The second-order valence-electron chi connectivity index (χ2n) is 3.97. The van der Waals surface area contributed by atoms with Crippen molar-refractivity contribution < 1.29 is 8.78 Å². The number of unbranched alkanes of at least 4 members (excludes halogenated alkanes) is 4. The van der Waals surface area contributed by atoms with E-state index in [1.165, 1.54) is 25.3 Å². The molecule has 0 atom stereocenters. The Morgan fingerprint density at radius 2 is 1.81 bits per heavy atom. The molecule has 0 saturated heterocycles. The Morgan fingerprint density at radius 1 is 1.06 bits per heavy atom. The second kappa shape index (κ2) is 7.20. The molecule has 1 rings (SSSR count). The molecule has 1 aromatic carbocycles. The fourth-order valence-corrected chi connectivity index (χ4v) is 1.58. The van der Waals surface area contributed by atoms with Crippen LogP contribution >= 0.6 is 0 Å². The summed E-state index contributed by atoms with van der Waals surface area (Å²) in [4.78, 5) is 0. The summed E-state index contributed by atoms with van der Waals surface area (Å²) >= 11 is 0. The third kappa shape index (κ3) is 4.60. The summed E-state index contributed by atoms with van der Waals surface area (Å²) in [6.45, 7) is 2.87. The van der Waals surface area contributed by atoms with Crippen LogP contribution in [0.3, 0.4) is 0 Å². The average Bonchev–Trinajstić information content (AvgIpc) is 2.28. The Hall–Kier alpha value is -1.12. The number of benzene rings is 1. The lowest BCUT2D eigenvalue weighted by Gasteiger charge is -2.07. The lowest BCUT2D eigenvalue weighted by atomic mass is 10.1. The molecule has 0 aliphatic carbocycles. The van der Waals surface area contributed by atoms with E-state index in [0.29, 0.717) is 6.54 Å². The Bertz CT molecular complexity index is 313. The smallest absolute Gasteiger partial charge is 0.146 e. The van der Waals surface area contributed by atoms with Gasteiger partial charge in [0.05, 0.1) is 5.69 Å². The highest BCUT2D eigenvalue weighted by Gasteiger charge is 2.02. The maximum absolute atomic E-state index is 13.2. The first-order valence-electron chi connectivity index (χ1n) is 5.93. The maximum Gasteiger partial charge on any atom is 0.146 e. The van der Waals surface area contributed by atoms with Crippen LogP contribution in [0.4, 0.5) is 14.5 Å². The van der Waals surface area contributed by atoms with Gasteiger partial charge in [0.25, 0.3) is 0 Å². The highest BCUT2D eigenvalue weighted by Crippen LogP contribution is 2.15. The van der Waals surface area contributed by atoms with Crippen molar-refractivity contribution in [3.63, 3.8) is 0 Å². The molecule has 16 heavy (non-hydrogen) atoms. The SMILES string of the molecule is CCCCCCCNc1cc(F)ccc1F. The van der Waals surface area contributed by atoms with Gasteiger partial charge >= 0.3 is 0 Å². The van der Waals surface area contributed by atoms with Gasteiger partial charge in [-0.15, -0.1) is 0 Å². The van der Waals surface area contributed by atoms with E-state index in [9.17, 15) is 8.78 Å². The van der Waals surface area contributed by atoms with Gasteiger partial charge in [0.1, 0.15) is 11.6 Å². The first-order chi connectivity index (χ1) is 7.74. The van der Waals surface area contributed by atoms with E-state index in [0.717, 1.165) is 25.0 Å². The predicted molar refractivity (Wildman–Crippen MR) is 63.6 cm³/mol. The molecule has 0 amide bonds. The predicted octanol–water partition coefficient (Wildman–Crippen LogP) is 4.35. The molecule has 1 aromatic rings. The highest BCUT2D eigenvalue weighted by molar-refractivity contribution is 5.44. The highest BCUT2D eigenvalue weighted by atomic mass is 19.1. The van der Waals surface area contributed by atoms with Crippen molar-refractivity contribution in [2.75, 3.05) is 11.9 Å². The molecule has 1 N–H and O–H groups in total. The Kier molecular flexibility index (Phi) is 5.83. The number of anilines is 1. The zero-order valence-corrected chi connectivity index (χ0v) is 9.73. The zero-order chi connectivity index (χ0) is 11.8. The molecule has 0 heterocycles. The second-order valence-corrected chi connectivity index (χ2v) is 3.97. The molecular formula is C13H19F2N. The van der Waals surface area contributed by atoms with Crippen LogP contribution < -0.4 is 5.32 Å². The summed E-state index contributed by atoms with van der Waals surface area (Å²) in [7, 11) is 0. The van der Waals surface area contributed by atoms with Gasteiger partial charge in [0.2, 0.25) is 0 Å². The summed E-state index contributed by atoms with van der Waals surface area (Å²) in [5, 5.41) is 2.92. The first kappa shape index (κ1) is 12.9. The molecule has 0 aromatic heterocycles. The fourth-order valence-electron chi connectivity index (χ4n) is 1.58. The molecule has 0 spiro atoms. The topological polar surface area (TPSA) is 12.0 Å². The number of nitrogens with one attached hydrogen (secondary N) is 1. The minimum Gasteiger partial charge on any atom is -0.383 e. The first-order valence-corrected chi connectivity index (χ1v) is 5.93. The van der Waals surface area contributed by atoms with Gasteiger partial charge in [-0.25, -0.2) is 8.78 Å². The van der Waals surface area contributed by atoms with E-state index < -0.39 is 11.6 Å². The van der Waals surface area contributed by atoms with Crippen molar-refractivity contribution in [2.45, 2.75) is 39.0 Å². The summed E-state index contributed by atoms with van der Waals surface area (Å²) in [6.07, 6.45) is 5.80. The van der Waals surface area contributed by atoms with E-state index in [2.05, 4.69) is 12.2 Å². The van der Waals surface area contributed by atoms with E-state index in [1.54, 1.807) is 0 Å². The van der Waals surface area contributed by atoms with Crippen LogP contribution in [-0.4, -0.2) is 6.54 Å². The van der Waals surface area contributed by atoms with Crippen molar-refractivity contribution in [3.8, 4) is 0 Å². The Labute approximate surface area is 95.9 Å². The lowest BCUT2D eigenvalue weighted by molar-refractivity contribution is 0.600. The molecule has 0 fully saturated rings. The van der Waals surface area contributed by atoms with Gasteiger partial charge in [-0.2, -0.15) is 0 Å². The average molecular weight is 227 g/mol. The van der Waals surface area contributed by atoms with Gasteiger partial charge in [-0.1, -0.05) is 32.6 Å². The number of halogens is 2. The van der Waals surface area contributed by atoms with Gasteiger partial charge in [0.15, 0.2) is 0 Å². The monoisotopic (exact) mass is 227 g/mol. The van der Waals surface area contributed by atoms with Gasteiger partial charge in [0, 0.05) is 6.54 Å². The molecule has 0 radical (unpaired) electrons. The fraction of sp³-hybridized carbons (Fsp3) is 0.538. The molecule has 0 aliphatic heterocycles. The quantitative estimate of drug-likeness (QED) is 0.683. The third-order valence-electron chi connectivity index (χ3n) is 2.52. The van der Waals surface area contributed by atoms with Crippen molar-refractivity contribution >= 4 is 5.69 Å². The third-order valence-corrected chi connectivity index (χ3v) is 2.52. The van der Waals surface area contributed by atoms with Crippen molar-refractivity contribution in [1.82, 2.24) is 0 Å². The lowest BCUT2D eigenvalue weighted by Crippen LogP contribution is -2.03. The summed E-state index contributed by atoms with van der Waals surface area (Å²) in [6, 6.07) is 3.47. The minimum atomic E-state index is -0.408. The van der Waals surface area contributed by atoms with Crippen LogP contribution in [0, 0.1) is 11.6 Å². The molecule has 0 unspecified atom stereocenters. The van der Waals surface area contributed by atoms with Crippen LogP contribution in [0.25, 0.3) is 0 Å². The van der Waals surface area contributed by atoms with Crippen molar-refractivity contribution in [1.29, 1.82) is 0 Å². The standard InChI is InChI=1S/C13H19F2N/c1-2-3-4-5-6-9-16-13-10-11(14)7-8-12(13)15/h7-8,10,16H,2-6,9H2,1H3. The Balaban J connectivity index is 2.23. The van der Waals surface area contributed by atoms with Gasteiger partial charge < -0.3 is 5.32 Å². The van der Waals surface area contributed by atoms with E-state index >= 15 is 0 Å². The zero-order valence-electron chi connectivity index (χ0n) is 9.73. The summed E-state index contributed by atoms with van der Waals surface area (Å²) in [5.74, 6) is -0.801. The largest absolute Gasteiger partial charge is 0.383 e. The molecule has 90 valence electrons. The van der Waals surface area contributed by atoms with Crippen molar-refractivity contribution in [2.24, 2.45) is 0 Å². The van der Waals surface area contributed by atoms with Gasteiger partial charge in [-0.05, 0) is 24.6 Å². The van der Waals surface area contributed by atoms with Crippen LogP contribution in [0.5, 0.6) is 0 Å². The number of hydrogen-bond donors (Lipinski definition) is 1. The van der Waals surface area contributed by atoms with Crippen LogP contribution in [-0.2, 0) is 0 Å². The van der Waals surface area contributed by atoms with Crippen LogP contribution in [0.15, 0.2) is 18.2 Å². The van der Waals surface area contributed by atoms with E-state index in [4.69, 9.17) is 0 Å². The molecule has 0 aliphatic rings. The Morgan fingerprint density at radius 3 is 2.56 bits per heavy atom. The van der Waals surface area contributed by atoms with Crippen LogP contribution in [0.2, 0.25) is 0 Å². The normalized spacial score (nSPS) is 10.4. The molecule has 0 saturated carbocycles. The van der Waals surface area contributed by atoms with E-state index in [1.807, 2.05) is 0 Å².